The molecule has 4 fully saturated rings. The van der Waals surface area contributed by atoms with Gasteiger partial charge in [0.2, 0.25) is 23.6 Å². The number of nitrogens with one attached hydrogen (secondary N) is 7. The summed E-state index contributed by atoms with van der Waals surface area (Å²) in [5.41, 5.74) is 1.28. The Bertz CT molecular complexity index is 2200. The number of likely N-dealkylation sites (N-methyl/N-ethyl adjacent to an activating group) is 1. The fourth-order valence-corrected chi connectivity index (χ4v) is 15.9. The molecule has 0 aliphatic carbocycles. The second-order valence-electron chi connectivity index (χ2n) is 18.9. The number of hydrogen-bond acceptors (Lipinski definition) is 17. The van der Waals surface area contributed by atoms with Crippen LogP contribution in [0, 0.1) is 0 Å². The van der Waals surface area contributed by atoms with Gasteiger partial charge in [-0.25, -0.2) is 0 Å². The minimum absolute atomic E-state index is 0. The highest BCUT2D eigenvalue weighted by Crippen LogP contribution is 2.50. The molecule has 0 radical (unpaired) electrons. The average Bonchev–Trinajstić information content (AvgIpc) is 3.98. The molecule has 4 saturated heterocycles. The van der Waals surface area contributed by atoms with E-state index in [4.69, 9.17) is 5.11 Å². The lowest BCUT2D eigenvalue weighted by molar-refractivity contribution is -0.135. The topological polar surface area (TPSA) is 285 Å². The van der Waals surface area contributed by atoms with Crippen LogP contribution < -0.4 is 37.2 Å². The number of rotatable bonds is 22. The van der Waals surface area contributed by atoms with Crippen molar-refractivity contribution in [3.8, 4) is 0 Å². The van der Waals surface area contributed by atoms with Crippen molar-refractivity contribution in [3.05, 3.63) is 71.8 Å². The zero-order chi connectivity index (χ0) is 55.1. The number of likely N-dealkylation sites (tertiary alicyclic amines) is 1. The van der Waals surface area contributed by atoms with E-state index in [9.17, 15) is 48.6 Å². The molecule has 10 N–H and O–H groups in total. The van der Waals surface area contributed by atoms with E-state index in [1.54, 1.807) is 48.5 Å². The number of Topliss-reactive ketones (excluding diaryl/α,β-unsaturated/α-hetero) is 2. The van der Waals surface area contributed by atoms with Crippen LogP contribution in [-0.4, -0.2) is 175 Å². The number of ketones is 2. The Morgan fingerprint density at radius 3 is 1.44 bits per heavy atom. The first-order valence-electron chi connectivity index (χ1n) is 25.6. The van der Waals surface area contributed by atoms with Crippen molar-refractivity contribution in [2.45, 2.75) is 143 Å². The van der Waals surface area contributed by atoms with Crippen molar-refractivity contribution in [2.75, 3.05) is 63.3 Å². The van der Waals surface area contributed by atoms with Crippen molar-refractivity contribution in [3.63, 3.8) is 0 Å². The maximum Gasteiger partial charge on any atom is 0.251 e. The summed E-state index contributed by atoms with van der Waals surface area (Å²) in [5, 5.41) is 47.5. The lowest BCUT2D eigenvalue weighted by Gasteiger charge is -2.31. The molecule has 0 saturated carbocycles. The molecule has 432 valence electrons. The summed E-state index contributed by atoms with van der Waals surface area (Å²) in [7, 11) is 2.94. The maximum atomic E-state index is 13.2. The zero-order valence-corrected chi connectivity index (χ0v) is 48.4. The Morgan fingerprint density at radius 1 is 0.636 bits per heavy atom. The molecule has 8 atom stereocenters. The molecule has 4 unspecified atom stereocenters. The molecule has 4 aliphatic rings. The monoisotopic (exact) mass is 1170 g/mol. The van der Waals surface area contributed by atoms with Crippen LogP contribution in [0.5, 0.6) is 0 Å². The summed E-state index contributed by atoms with van der Waals surface area (Å²) in [6, 6.07) is 13.8. The summed E-state index contributed by atoms with van der Waals surface area (Å²) in [6.45, 7) is 7.35. The van der Waals surface area contributed by atoms with Crippen LogP contribution in [0.1, 0.15) is 110 Å². The quantitative estimate of drug-likeness (QED) is 0.0810. The molecule has 6 amide bonds. The lowest BCUT2D eigenvalue weighted by Crippen LogP contribution is -2.54. The number of thioether (sulfide) groups is 4. The third-order valence-corrected chi connectivity index (χ3v) is 19.7. The summed E-state index contributed by atoms with van der Waals surface area (Å²) < 4.78 is 0.0391. The van der Waals surface area contributed by atoms with Crippen LogP contribution >= 0.6 is 59.5 Å². The van der Waals surface area contributed by atoms with Gasteiger partial charge in [-0.2, -0.15) is 0 Å². The summed E-state index contributed by atoms with van der Waals surface area (Å²) in [4.78, 5) is 102. The Labute approximate surface area is 477 Å². The SMILES string of the molecule is C.CCCC(NC(=O)[C@@H]1CC2(CN1)SCCCS2)C(O)C(=O)NCC(=O)N[C@H](C(C)=O)c1ccccc1.CCCC(NC(=O)[C@@H]1CC2(CN1C)SCCCS2)C(O)C(=O)NCC(=O)N[C@H](C(C)=O)c1ccccc1.CO.Cl. The number of nitrogens with zero attached hydrogens (tertiary/aromatic N) is 1. The Kier molecular flexibility index (Phi) is 31.4. The Balaban J connectivity index is 0.000000498. The molecule has 4 aliphatic heterocycles. The van der Waals surface area contributed by atoms with Gasteiger partial charge in [0, 0.05) is 20.2 Å². The summed E-state index contributed by atoms with van der Waals surface area (Å²) >= 11 is 7.63. The van der Waals surface area contributed by atoms with Crippen molar-refractivity contribution in [2.24, 2.45) is 0 Å². The van der Waals surface area contributed by atoms with E-state index >= 15 is 0 Å². The van der Waals surface area contributed by atoms with Crippen molar-refractivity contribution >= 4 is 106 Å². The molecule has 24 heteroatoms. The number of aliphatic hydroxyl groups excluding tert-OH is 3. The second-order valence-corrected chi connectivity index (χ2v) is 25.3. The van der Waals surface area contributed by atoms with E-state index in [1.807, 2.05) is 80.1 Å². The van der Waals surface area contributed by atoms with Crippen molar-refractivity contribution in [1.29, 1.82) is 0 Å². The van der Waals surface area contributed by atoms with Crippen LogP contribution in [0.15, 0.2) is 60.7 Å². The van der Waals surface area contributed by atoms with Gasteiger partial charge in [0.25, 0.3) is 11.8 Å². The minimum Gasteiger partial charge on any atom is -0.400 e. The van der Waals surface area contributed by atoms with Gasteiger partial charge in [0.15, 0.2) is 23.8 Å². The average molecular weight is 1170 g/mol. The normalized spacial score (nSPS) is 20.4. The molecule has 4 heterocycles. The van der Waals surface area contributed by atoms with Crippen LogP contribution in [-0.2, 0) is 38.4 Å². The summed E-state index contributed by atoms with van der Waals surface area (Å²) in [5.74, 6) is 0.866. The molecule has 0 aromatic heterocycles. The highest BCUT2D eigenvalue weighted by Gasteiger charge is 2.48. The van der Waals surface area contributed by atoms with E-state index in [0.717, 1.165) is 49.6 Å². The van der Waals surface area contributed by atoms with E-state index in [2.05, 4.69) is 42.1 Å². The van der Waals surface area contributed by atoms with E-state index in [1.165, 1.54) is 26.7 Å². The molecular formula is C53H83ClN8O11S4. The molecule has 19 nitrogen and oxygen atoms in total. The predicted octanol–water partition coefficient (Wildman–Crippen LogP) is 3.26. The van der Waals surface area contributed by atoms with Gasteiger partial charge in [0.05, 0.1) is 45.4 Å². The van der Waals surface area contributed by atoms with Gasteiger partial charge in [-0.3, -0.25) is 43.3 Å². The smallest absolute Gasteiger partial charge is 0.251 e. The van der Waals surface area contributed by atoms with Gasteiger partial charge in [-0.1, -0.05) is 94.8 Å². The highest BCUT2D eigenvalue weighted by molar-refractivity contribution is 8.19. The standard InChI is InChI=1S/C26H38N4O5S2.C25H36N4O5S2.CH4O.CH4.ClH/c1-4-9-19(28-24(34)20-14-26(16-30(20)3)36-12-8-13-37-26)23(33)25(35)27-15-21(32)29-22(17(2)31)18-10-6-5-7-11-18;1-3-8-18(28-23(33)19-13-25(15-27-19)35-11-7-12-36-25)22(32)24(34)26-14-20(31)29-21(16(2)30)17-9-5-4-6-10-17;1-2;;/h5-7,10-11,19-20,22-23,33H,4,8-9,12-16H2,1-3H3,(H,27,35)(H,28,34)(H,29,32);4-6,9-10,18-19,21-22,27,32H,3,7-8,11-15H2,1-2H3,(H,26,34)(H,28,33)(H,29,31);2H,1H3;1H4;1H/t19?,20-,22+,23?;18?,19-,21+,22?;;;/m00.../s1. The maximum absolute atomic E-state index is 13.2. The molecule has 6 rings (SSSR count). The fraction of sp³-hybridized carbons (Fsp3) is 0.623. The highest BCUT2D eigenvalue weighted by atomic mass is 35.5. The van der Waals surface area contributed by atoms with Gasteiger partial charge in [0.1, 0.15) is 12.1 Å². The Hall–Kier alpha value is -3.91. The van der Waals surface area contributed by atoms with Crippen LogP contribution in [0.25, 0.3) is 0 Å². The zero-order valence-electron chi connectivity index (χ0n) is 44.3. The first kappa shape index (κ1) is 69.2. The number of hydrogen-bond donors (Lipinski definition) is 10. The third kappa shape index (κ3) is 21.3. The predicted molar refractivity (Wildman–Crippen MR) is 312 cm³/mol. The van der Waals surface area contributed by atoms with Crippen LogP contribution in [0.2, 0.25) is 0 Å². The van der Waals surface area contributed by atoms with Crippen LogP contribution in [0.4, 0.5) is 0 Å². The molecule has 2 aromatic rings. The van der Waals surface area contributed by atoms with E-state index < -0.39 is 73.1 Å². The number of benzene rings is 2. The Morgan fingerprint density at radius 2 is 1.04 bits per heavy atom. The fourth-order valence-electron chi connectivity index (χ4n) is 9.15. The third-order valence-electron chi connectivity index (χ3n) is 13.0. The largest absolute Gasteiger partial charge is 0.400 e. The number of carbonyl (C=O) groups excluding carboxylic acids is 8. The van der Waals surface area contributed by atoms with Crippen molar-refractivity contribution in [1.82, 2.24) is 42.1 Å². The van der Waals surface area contributed by atoms with Gasteiger partial charge < -0.3 is 52.5 Å². The van der Waals surface area contributed by atoms with Gasteiger partial charge >= 0.3 is 0 Å². The number of halogens is 1. The molecule has 0 bridgehead atoms. The number of amides is 6. The molecular weight excluding hydrogens is 1090 g/mol. The minimum atomic E-state index is -1.51. The molecule has 2 aromatic carbocycles. The van der Waals surface area contributed by atoms with Gasteiger partial charge in [-0.05, 0) is 93.6 Å². The number of aliphatic hydroxyl groups is 3. The van der Waals surface area contributed by atoms with Crippen molar-refractivity contribution < 1.29 is 53.7 Å². The van der Waals surface area contributed by atoms with E-state index in [0.29, 0.717) is 43.2 Å². The number of carbonyl (C=O) groups is 8. The lowest BCUT2D eigenvalue weighted by atomic mass is 10.0. The molecule has 2 spiro atoms. The van der Waals surface area contributed by atoms with Gasteiger partial charge in [-0.15, -0.1) is 59.5 Å². The first-order valence-corrected chi connectivity index (χ1v) is 29.5. The first-order chi connectivity index (χ1) is 35.9. The van der Waals surface area contributed by atoms with E-state index in [-0.39, 0.29) is 63.5 Å². The second kappa shape index (κ2) is 35.0. The molecule has 77 heavy (non-hydrogen) atoms. The van der Waals surface area contributed by atoms with Crippen LogP contribution in [0.3, 0.4) is 0 Å². The summed E-state index contributed by atoms with van der Waals surface area (Å²) in [6.07, 6.45) is 2.90.